The Morgan fingerprint density at radius 3 is 2.44 bits per heavy atom. The van der Waals surface area contributed by atoms with Gasteiger partial charge in [-0.2, -0.15) is 0 Å². The minimum Gasteiger partial charge on any atom is -0.480 e. The van der Waals surface area contributed by atoms with Crippen LogP contribution in [-0.2, 0) is 20.9 Å². The van der Waals surface area contributed by atoms with Gasteiger partial charge in [0.1, 0.15) is 19.0 Å². The van der Waals surface area contributed by atoms with Gasteiger partial charge in [-0.3, -0.25) is 4.79 Å². The third-order valence-corrected chi connectivity index (χ3v) is 2.21. The van der Waals surface area contributed by atoms with Crippen molar-refractivity contribution < 1.29 is 23.8 Å². The number of ether oxygens (including phenoxy) is 1. The molecule has 1 aromatic carbocycles. The van der Waals surface area contributed by atoms with Crippen molar-refractivity contribution in [2.45, 2.75) is 6.54 Å². The highest BCUT2D eigenvalue weighted by Crippen LogP contribution is 2.05. The number of carboxylic acids is 1. The van der Waals surface area contributed by atoms with E-state index >= 15 is 0 Å². The van der Waals surface area contributed by atoms with E-state index in [2.05, 4.69) is 4.74 Å². The lowest BCUT2D eigenvalue weighted by atomic mass is 10.2. The van der Waals surface area contributed by atoms with Crippen molar-refractivity contribution in [3.05, 3.63) is 35.6 Å². The normalized spacial score (nSPS) is 10.1. The van der Waals surface area contributed by atoms with Gasteiger partial charge in [0.25, 0.3) is 0 Å². The predicted octanol–water partition coefficient (Wildman–Crippen LogP) is 0.885. The summed E-state index contributed by atoms with van der Waals surface area (Å²) in [5, 5.41) is 8.34. The molecule has 1 amide bonds. The largest absolute Gasteiger partial charge is 0.480 e. The average Bonchev–Trinajstić information content (AvgIpc) is 2.31. The Hall–Kier alpha value is -1.95. The van der Waals surface area contributed by atoms with Crippen LogP contribution in [0.3, 0.4) is 0 Å². The zero-order chi connectivity index (χ0) is 13.5. The summed E-state index contributed by atoms with van der Waals surface area (Å²) >= 11 is 0. The van der Waals surface area contributed by atoms with Gasteiger partial charge in [-0.25, -0.2) is 9.18 Å². The van der Waals surface area contributed by atoms with Gasteiger partial charge in [0.15, 0.2) is 0 Å². The number of nitrogens with zero attached hydrogens (tertiary/aromatic N) is 1. The SMILES string of the molecule is CN(Cc1ccc(F)cc1)C(=O)COCC(=O)O. The van der Waals surface area contributed by atoms with E-state index in [-0.39, 0.29) is 18.3 Å². The topological polar surface area (TPSA) is 66.8 Å². The van der Waals surface area contributed by atoms with Crippen molar-refractivity contribution in [3.8, 4) is 0 Å². The van der Waals surface area contributed by atoms with Gasteiger partial charge in [-0.1, -0.05) is 12.1 Å². The van der Waals surface area contributed by atoms with Gasteiger partial charge >= 0.3 is 5.97 Å². The second-order valence-corrected chi connectivity index (χ2v) is 3.76. The van der Waals surface area contributed by atoms with Crippen molar-refractivity contribution in [2.75, 3.05) is 20.3 Å². The summed E-state index contributed by atoms with van der Waals surface area (Å²) in [5.41, 5.74) is 0.783. The van der Waals surface area contributed by atoms with Crippen LogP contribution in [0, 0.1) is 5.82 Å². The van der Waals surface area contributed by atoms with Crippen LogP contribution >= 0.6 is 0 Å². The molecule has 1 aromatic rings. The van der Waals surface area contributed by atoms with Crippen molar-refractivity contribution in [1.82, 2.24) is 4.90 Å². The lowest BCUT2D eigenvalue weighted by molar-refractivity contribution is -0.145. The summed E-state index contributed by atoms with van der Waals surface area (Å²) in [5.74, 6) is -1.79. The number of hydrogen-bond acceptors (Lipinski definition) is 3. The fourth-order valence-corrected chi connectivity index (χ4v) is 1.29. The maximum Gasteiger partial charge on any atom is 0.329 e. The fraction of sp³-hybridized carbons (Fsp3) is 0.333. The highest BCUT2D eigenvalue weighted by molar-refractivity contribution is 5.77. The zero-order valence-electron chi connectivity index (χ0n) is 9.93. The molecule has 0 saturated carbocycles. The summed E-state index contributed by atoms with van der Waals surface area (Å²) < 4.78 is 17.4. The molecule has 0 aliphatic heterocycles. The number of hydrogen-bond donors (Lipinski definition) is 1. The Morgan fingerprint density at radius 1 is 1.28 bits per heavy atom. The number of rotatable bonds is 6. The number of aliphatic carboxylic acids is 1. The molecular weight excluding hydrogens is 241 g/mol. The molecular formula is C12H14FNO4. The quantitative estimate of drug-likeness (QED) is 0.819. The zero-order valence-corrected chi connectivity index (χ0v) is 9.93. The monoisotopic (exact) mass is 255 g/mol. The Balaban J connectivity index is 2.39. The second kappa shape index (κ2) is 6.70. The van der Waals surface area contributed by atoms with Crippen LogP contribution in [-0.4, -0.2) is 42.1 Å². The van der Waals surface area contributed by atoms with Crippen LogP contribution in [0.25, 0.3) is 0 Å². The molecule has 0 fully saturated rings. The first-order valence-corrected chi connectivity index (χ1v) is 5.27. The molecule has 0 aliphatic rings. The molecule has 1 N–H and O–H groups in total. The molecule has 1 rings (SSSR count). The van der Waals surface area contributed by atoms with E-state index in [0.29, 0.717) is 6.54 Å². The summed E-state index contributed by atoms with van der Waals surface area (Å²) in [6.45, 7) is -0.477. The molecule has 98 valence electrons. The van der Waals surface area contributed by atoms with E-state index in [1.807, 2.05) is 0 Å². The first-order valence-electron chi connectivity index (χ1n) is 5.27. The maximum absolute atomic E-state index is 12.7. The number of benzene rings is 1. The van der Waals surface area contributed by atoms with Gasteiger partial charge in [0, 0.05) is 13.6 Å². The summed E-state index contributed by atoms with van der Waals surface area (Å²) in [6.07, 6.45) is 0. The molecule has 0 aliphatic carbocycles. The highest BCUT2D eigenvalue weighted by atomic mass is 19.1. The Morgan fingerprint density at radius 2 is 1.89 bits per heavy atom. The standard InChI is InChI=1S/C12H14FNO4/c1-14(11(15)7-18-8-12(16)17)6-9-2-4-10(13)5-3-9/h2-5H,6-8H2,1H3,(H,16,17). The Bertz CT molecular complexity index is 419. The average molecular weight is 255 g/mol. The van der Waals surface area contributed by atoms with E-state index < -0.39 is 12.6 Å². The summed E-state index contributed by atoms with van der Waals surface area (Å²) in [6, 6.07) is 5.79. The van der Waals surface area contributed by atoms with Crippen LogP contribution in [0.5, 0.6) is 0 Å². The van der Waals surface area contributed by atoms with Gasteiger partial charge in [0.05, 0.1) is 0 Å². The van der Waals surface area contributed by atoms with Crippen molar-refractivity contribution >= 4 is 11.9 Å². The minimum atomic E-state index is -1.12. The summed E-state index contributed by atoms with van der Waals surface area (Å²) in [4.78, 5) is 23.1. The number of halogens is 1. The number of likely N-dealkylation sites (N-methyl/N-ethyl adjacent to an activating group) is 1. The lowest BCUT2D eigenvalue weighted by Crippen LogP contribution is -2.30. The molecule has 0 aromatic heterocycles. The molecule has 5 nitrogen and oxygen atoms in total. The van der Waals surface area contributed by atoms with Gasteiger partial charge in [-0.05, 0) is 17.7 Å². The highest BCUT2D eigenvalue weighted by Gasteiger charge is 2.10. The van der Waals surface area contributed by atoms with Gasteiger partial charge < -0.3 is 14.7 Å². The fourth-order valence-electron chi connectivity index (χ4n) is 1.29. The van der Waals surface area contributed by atoms with E-state index in [0.717, 1.165) is 5.56 Å². The van der Waals surface area contributed by atoms with E-state index in [1.165, 1.54) is 17.0 Å². The number of carboxylic acid groups (broad SMARTS) is 1. The van der Waals surface area contributed by atoms with Crippen molar-refractivity contribution in [3.63, 3.8) is 0 Å². The third-order valence-electron chi connectivity index (χ3n) is 2.21. The molecule has 0 atom stereocenters. The smallest absolute Gasteiger partial charge is 0.329 e. The van der Waals surface area contributed by atoms with Crippen LogP contribution < -0.4 is 0 Å². The molecule has 0 unspecified atom stereocenters. The predicted molar refractivity (Wildman–Crippen MR) is 61.3 cm³/mol. The van der Waals surface area contributed by atoms with E-state index in [4.69, 9.17) is 5.11 Å². The first-order chi connectivity index (χ1) is 8.49. The molecule has 0 bridgehead atoms. The minimum absolute atomic E-state index is 0.288. The van der Waals surface area contributed by atoms with Crippen LogP contribution in [0.1, 0.15) is 5.56 Å². The molecule has 6 heteroatoms. The van der Waals surface area contributed by atoms with Gasteiger partial charge in [-0.15, -0.1) is 0 Å². The van der Waals surface area contributed by atoms with Crippen LogP contribution in [0.2, 0.25) is 0 Å². The van der Waals surface area contributed by atoms with Crippen molar-refractivity contribution in [1.29, 1.82) is 0 Å². The second-order valence-electron chi connectivity index (χ2n) is 3.76. The summed E-state index contributed by atoms with van der Waals surface area (Å²) in [7, 11) is 1.57. The molecule has 0 radical (unpaired) electrons. The molecule has 0 heterocycles. The number of carbonyl (C=O) groups is 2. The number of amides is 1. The molecule has 18 heavy (non-hydrogen) atoms. The first kappa shape index (κ1) is 14.1. The number of carbonyl (C=O) groups excluding carboxylic acids is 1. The van der Waals surface area contributed by atoms with Gasteiger partial charge in [0.2, 0.25) is 5.91 Å². The van der Waals surface area contributed by atoms with Crippen LogP contribution in [0.4, 0.5) is 4.39 Å². The van der Waals surface area contributed by atoms with Crippen LogP contribution in [0.15, 0.2) is 24.3 Å². The van der Waals surface area contributed by atoms with E-state index in [9.17, 15) is 14.0 Å². The Kier molecular flexibility index (Phi) is 5.26. The third kappa shape index (κ3) is 4.92. The maximum atomic E-state index is 12.7. The lowest BCUT2D eigenvalue weighted by Gasteiger charge is -2.17. The molecule has 0 saturated heterocycles. The Labute approximate surface area is 104 Å². The van der Waals surface area contributed by atoms with E-state index in [1.54, 1.807) is 19.2 Å². The van der Waals surface area contributed by atoms with Crippen molar-refractivity contribution in [2.24, 2.45) is 0 Å². The molecule has 0 spiro atoms.